The molecule has 0 unspecified atom stereocenters. The van der Waals surface area contributed by atoms with E-state index in [9.17, 15) is 0 Å². The van der Waals surface area contributed by atoms with Crippen molar-refractivity contribution in [3.05, 3.63) is 65.6 Å². The number of thioether (sulfide) groups is 1. The van der Waals surface area contributed by atoms with E-state index in [0.717, 1.165) is 22.2 Å². The van der Waals surface area contributed by atoms with Crippen LogP contribution in [0.5, 0.6) is 0 Å². The van der Waals surface area contributed by atoms with Crippen molar-refractivity contribution in [1.29, 1.82) is 0 Å². The predicted octanol–water partition coefficient (Wildman–Crippen LogP) is 3.61. The molecule has 0 aliphatic carbocycles. The minimum absolute atomic E-state index is 0.643. The van der Waals surface area contributed by atoms with Gasteiger partial charge in [-0.25, -0.2) is 4.98 Å². The standard InChI is InChI=1S/C14H11ClN4S/c15-11-6-7-14(16-8-11)20-10-12-9-17-19(18-12)13-4-2-1-3-5-13/h1-9H,10H2. The van der Waals surface area contributed by atoms with E-state index in [2.05, 4.69) is 15.2 Å². The molecule has 6 heteroatoms. The monoisotopic (exact) mass is 302 g/mol. The van der Waals surface area contributed by atoms with Crippen LogP contribution in [0.15, 0.2) is 59.9 Å². The van der Waals surface area contributed by atoms with Crippen molar-refractivity contribution < 1.29 is 0 Å². The fraction of sp³-hybridized carbons (Fsp3) is 0.0714. The van der Waals surface area contributed by atoms with E-state index >= 15 is 0 Å². The van der Waals surface area contributed by atoms with Gasteiger partial charge in [-0.3, -0.25) is 0 Å². The number of pyridine rings is 1. The number of nitrogens with zero attached hydrogens (tertiary/aromatic N) is 4. The molecule has 100 valence electrons. The second-order valence-electron chi connectivity index (χ2n) is 4.06. The second-order valence-corrected chi connectivity index (χ2v) is 5.50. The van der Waals surface area contributed by atoms with Crippen LogP contribution in [0.3, 0.4) is 0 Å². The van der Waals surface area contributed by atoms with E-state index in [0.29, 0.717) is 5.02 Å². The van der Waals surface area contributed by atoms with E-state index in [1.165, 1.54) is 0 Å². The van der Waals surface area contributed by atoms with E-state index in [1.807, 2.05) is 42.5 Å². The molecule has 0 saturated heterocycles. The molecule has 0 bridgehead atoms. The quantitative estimate of drug-likeness (QED) is 0.691. The van der Waals surface area contributed by atoms with Crippen molar-refractivity contribution in [2.75, 3.05) is 0 Å². The Labute approximate surface area is 125 Å². The lowest BCUT2D eigenvalue weighted by molar-refractivity contribution is 0.745. The van der Waals surface area contributed by atoms with Crippen LogP contribution in [0.1, 0.15) is 5.69 Å². The molecule has 4 nitrogen and oxygen atoms in total. The van der Waals surface area contributed by atoms with Crippen molar-refractivity contribution in [3.63, 3.8) is 0 Å². The summed E-state index contributed by atoms with van der Waals surface area (Å²) in [4.78, 5) is 5.86. The van der Waals surface area contributed by atoms with Gasteiger partial charge in [-0.1, -0.05) is 41.6 Å². The lowest BCUT2D eigenvalue weighted by Gasteiger charge is -1.99. The summed E-state index contributed by atoms with van der Waals surface area (Å²) in [6.45, 7) is 0. The molecule has 0 N–H and O–H groups in total. The zero-order valence-electron chi connectivity index (χ0n) is 10.5. The molecule has 0 atom stereocenters. The highest BCUT2D eigenvalue weighted by Gasteiger charge is 2.04. The van der Waals surface area contributed by atoms with Gasteiger partial charge >= 0.3 is 0 Å². The van der Waals surface area contributed by atoms with E-state index < -0.39 is 0 Å². The van der Waals surface area contributed by atoms with Gasteiger partial charge in [0.05, 0.1) is 27.6 Å². The van der Waals surface area contributed by atoms with Gasteiger partial charge in [-0.15, -0.1) is 0 Å². The minimum Gasteiger partial charge on any atom is -0.248 e. The maximum absolute atomic E-state index is 5.80. The number of rotatable bonds is 4. The summed E-state index contributed by atoms with van der Waals surface area (Å²) in [6, 6.07) is 13.6. The zero-order chi connectivity index (χ0) is 13.8. The van der Waals surface area contributed by atoms with Crippen molar-refractivity contribution in [2.24, 2.45) is 0 Å². The van der Waals surface area contributed by atoms with Crippen molar-refractivity contribution in [2.45, 2.75) is 10.8 Å². The predicted molar refractivity (Wildman–Crippen MR) is 80.2 cm³/mol. The summed E-state index contributed by atoms with van der Waals surface area (Å²) in [5.41, 5.74) is 1.86. The molecule has 3 aromatic rings. The van der Waals surface area contributed by atoms with Crippen molar-refractivity contribution in [1.82, 2.24) is 20.0 Å². The van der Waals surface area contributed by atoms with Crippen LogP contribution in [0.2, 0.25) is 5.02 Å². The third kappa shape index (κ3) is 3.18. The average molecular weight is 303 g/mol. The van der Waals surface area contributed by atoms with Crippen LogP contribution in [0.4, 0.5) is 0 Å². The first-order valence-corrected chi connectivity index (χ1v) is 7.38. The molecule has 0 aliphatic rings. The van der Waals surface area contributed by atoms with Gasteiger partial charge in [0.1, 0.15) is 0 Å². The van der Waals surface area contributed by atoms with Crippen LogP contribution in [0.25, 0.3) is 5.69 Å². The maximum atomic E-state index is 5.80. The van der Waals surface area contributed by atoms with E-state index in [1.54, 1.807) is 29.0 Å². The molecule has 0 amide bonds. The number of hydrogen-bond donors (Lipinski definition) is 0. The molecule has 0 saturated carbocycles. The minimum atomic E-state index is 0.643. The Balaban J connectivity index is 1.67. The average Bonchev–Trinajstić information content (AvgIpc) is 2.97. The molecule has 2 heterocycles. The molecular weight excluding hydrogens is 292 g/mol. The van der Waals surface area contributed by atoms with Crippen LogP contribution >= 0.6 is 23.4 Å². The topological polar surface area (TPSA) is 43.6 Å². The third-order valence-corrected chi connectivity index (χ3v) is 3.80. The highest BCUT2D eigenvalue weighted by molar-refractivity contribution is 7.98. The first kappa shape index (κ1) is 13.1. The molecule has 20 heavy (non-hydrogen) atoms. The molecule has 2 aromatic heterocycles. The van der Waals surface area contributed by atoms with Gasteiger partial charge in [0.25, 0.3) is 0 Å². The van der Waals surface area contributed by atoms with Gasteiger partial charge in [0.2, 0.25) is 0 Å². The molecule has 0 spiro atoms. The fourth-order valence-electron chi connectivity index (χ4n) is 1.64. The Kier molecular flexibility index (Phi) is 3.99. The summed E-state index contributed by atoms with van der Waals surface area (Å²) in [7, 11) is 0. The Hall–Kier alpha value is -1.85. The smallest absolute Gasteiger partial charge is 0.0964 e. The molecular formula is C14H11ClN4S. The summed E-state index contributed by atoms with van der Waals surface area (Å²) < 4.78 is 0. The number of benzene rings is 1. The Bertz CT molecular complexity index is 682. The van der Waals surface area contributed by atoms with Gasteiger partial charge < -0.3 is 0 Å². The van der Waals surface area contributed by atoms with Crippen LogP contribution in [-0.2, 0) is 5.75 Å². The summed E-state index contributed by atoms with van der Waals surface area (Å²) >= 11 is 7.41. The van der Waals surface area contributed by atoms with Gasteiger partial charge in [-0.05, 0) is 24.3 Å². The fourth-order valence-corrected chi connectivity index (χ4v) is 2.47. The highest BCUT2D eigenvalue weighted by atomic mass is 35.5. The molecule has 1 aromatic carbocycles. The van der Waals surface area contributed by atoms with Crippen molar-refractivity contribution in [3.8, 4) is 5.69 Å². The Morgan fingerprint density at radius 1 is 1.05 bits per heavy atom. The SMILES string of the molecule is Clc1ccc(SCc2cnn(-c3ccccc3)n2)nc1. The lowest BCUT2D eigenvalue weighted by atomic mass is 10.3. The summed E-state index contributed by atoms with van der Waals surface area (Å²) in [5.74, 6) is 0.724. The molecule has 0 aliphatic heterocycles. The number of para-hydroxylation sites is 1. The van der Waals surface area contributed by atoms with Crippen LogP contribution in [-0.4, -0.2) is 20.0 Å². The normalized spacial score (nSPS) is 10.7. The highest BCUT2D eigenvalue weighted by Crippen LogP contribution is 2.20. The first-order valence-electron chi connectivity index (χ1n) is 6.02. The first-order chi connectivity index (χ1) is 9.81. The Morgan fingerprint density at radius 3 is 2.65 bits per heavy atom. The maximum Gasteiger partial charge on any atom is 0.0964 e. The Morgan fingerprint density at radius 2 is 1.90 bits per heavy atom. The summed E-state index contributed by atoms with van der Waals surface area (Å²) in [6.07, 6.45) is 3.42. The molecule has 0 fully saturated rings. The van der Waals surface area contributed by atoms with Crippen molar-refractivity contribution >= 4 is 23.4 Å². The van der Waals surface area contributed by atoms with Crippen LogP contribution in [0, 0.1) is 0 Å². The van der Waals surface area contributed by atoms with Gasteiger partial charge in [-0.2, -0.15) is 15.0 Å². The van der Waals surface area contributed by atoms with E-state index in [-0.39, 0.29) is 0 Å². The van der Waals surface area contributed by atoms with Gasteiger partial charge in [0, 0.05) is 11.9 Å². The third-order valence-electron chi connectivity index (χ3n) is 2.59. The van der Waals surface area contributed by atoms with Crippen LogP contribution < -0.4 is 0 Å². The number of halogens is 1. The zero-order valence-corrected chi connectivity index (χ0v) is 12.1. The van der Waals surface area contributed by atoms with E-state index in [4.69, 9.17) is 11.6 Å². The summed E-state index contributed by atoms with van der Waals surface area (Å²) in [5, 5.41) is 10.3. The number of aromatic nitrogens is 4. The molecule has 0 radical (unpaired) electrons. The lowest BCUT2D eigenvalue weighted by Crippen LogP contribution is -1.98. The molecule has 3 rings (SSSR count). The second kappa shape index (κ2) is 6.07. The largest absolute Gasteiger partial charge is 0.248 e. The van der Waals surface area contributed by atoms with Gasteiger partial charge in [0.15, 0.2) is 0 Å². The number of hydrogen-bond acceptors (Lipinski definition) is 4.